The highest BCUT2D eigenvalue weighted by Crippen LogP contribution is 2.37. The Kier molecular flexibility index (Phi) is 10.5. The third kappa shape index (κ3) is 7.07. The van der Waals surface area contributed by atoms with Crippen molar-refractivity contribution in [2.24, 2.45) is 0 Å². The highest BCUT2D eigenvalue weighted by atomic mass is 16.8. The maximum absolute atomic E-state index is 12.4. The molecule has 230 valence electrons. The first kappa shape index (κ1) is 32.5. The first-order valence-electron chi connectivity index (χ1n) is 12.3. The van der Waals surface area contributed by atoms with Crippen LogP contribution < -0.4 is 15.2 Å². The summed E-state index contributed by atoms with van der Waals surface area (Å²) in [5, 5.41) is 97.4. The standard InChI is InChI=1S/C23H32N2O16/c1-9(28)24-15-12(29)6-23(22(34)35,40-19(15)16(31)13(30)7-26)41-20-17(32)14(8-27)39-21(18(20)33)38-11-4-2-10(3-5-11)25(36)37/h2-5,12-21,26-27,29-33H,6-8H2,1H3,(H,24,28)(H,34,35)/p-1/t12-,13-,14?,15-,16-,17+,18?,19?,20?,21-,23+/m1/s1. The average molecular weight is 591 g/mol. The van der Waals surface area contributed by atoms with Gasteiger partial charge in [-0.25, -0.2) is 0 Å². The van der Waals surface area contributed by atoms with E-state index in [0.29, 0.717) is 0 Å². The molecule has 4 unspecified atom stereocenters. The summed E-state index contributed by atoms with van der Waals surface area (Å²) < 4.78 is 21.8. The van der Waals surface area contributed by atoms with E-state index in [0.717, 1.165) is 31.2 Å². The third-order valence-electron chi connectivity index (χ3n) is 6.62. The minimum atomic E-state index is -3.04. The summed E-state index contributed by atoms with van der Waals surface area (Å²) in [5.41, 5.74) is -0.281. The molecular weight excluding hydrogens is 560 g/mol. The zero-order valence-electron chi connectivity index (χ0n) is 21.5. The summed E-state index contributed by atoms with van der Waals surface area (Å²) in [6, 6.07) is 2.96. The van der Waals surface area contributed by atoms with Crippen molar-refractivity contribution in [1.82, 2.24) is 5.32 Å². The summed E-state index contributed by atoms with van der Waals surface area (Å²) in [7, 11) is 0. The molecule has 41 heavy (non-hydrogen) atoms. The number of amides is 1. The molecule has 2 heterocycles. The van der Waals surface area contributed by atoms with Gasteiger partial charge in [0.05, 0.1) is 30.3 Å². The molecule has 1 aromatic carbocycles. The molecule has 0 aliphatic carbocycles. The van der Waals surface area contributed by atoms with E-state index in [2.05, 4.69) is 5.32 Å². The fourth-order valence-electron chi connectivity index (χ4n) is 4.53. The normalized spacial score (nSPS) is 35.2. The number of non-ortho nitro benzene ring substituents is 1. The van der Waals surface area contributed by atoms with Crippen LogP contribution in [0, 0.1) is 10.1 Å². The van der Waals surface area contributed by atoms with Crippen molar-refractivity contribution in [2.45, 2.75) is 80.3 Å². The first-order chi connectivity index (χ1) is 19.2. The van der Waals surface area contributed by atoms with E-state index < -0.39 is 103 Å². The Morgan fingerprint density at radius 1 is 1.17 bits per heavy atom. The second-order valence-electron chi connectivity index (χ2n) is 9.52. The van der Waals surface area contributed by atoms with E-state index in [1.807, 2.05) is 0 Å². The molecule has 2 aliphatic heterocycles. The van der Waals surface area contributed by atoms with Gasteiger partial charge in [-0.3, -0.25) is 14.9 Å². The predicted molar refractivity (Wildman–Crippen MR) is 126 cm³/mol. The summed E-state index contributed by atoms with van der Waals surface area (Å²) in [6.07, 6.45) is -18.0. The zero-order valence-corrected chi connectivity index (χ0v) is 21.5. The molecular formula is C23H31N2O16-. The highest BCUT2D eigenvalue weighted by molar-refractivity contribution is 5.75. The Bertz CT molecular complexity index is 1070. The van der Waals surface area contributed by atoms with Crippen molar-refractivity contribution in [2.75, 3.05) is 13.2 Å². The smallest absolute Gasteiger partial charge is 0.269 e. The summed E-state index contributed by atoms with van der Waals surface area (Å²) in [5.74, 6) is -6.00. The van der Waals surface area contributed by atoms with Gasteiger partial charge in [0.25, 0.3) is 5.69 Å². The van der Waals surface area contributed by atoms with Crippen molar-refractivity contribution in [3.05, 3.63) is 34.4 Å². The fraction of sp³-hybridized carbons (Fsp3) is 0.652. The lowest BCUT2D eigenvalue weighted by Gasteiger charge is -2.51. The van der Waals surface area contributed by atoms with Gasteiger partial charge in [0.2, 0.25) is 18.0 Å². The second-order valence-corrected chi connectivity index (χ2v) is 9.52. The average Bonchev–Trinajstić information content (AvgIpc) is 2.92. The molecule has 3 rings (SSSR count). The number of benzene rings is 1. The Morgan fingerprint density at radius 3 is 2.32 bits per heavy atom. The number of aliphatic hydroxyl groups excluding tert-OH is 7. The largest absolute Gasteiger partial charge is 0.544 e. The van der Waals surface area contributed by atoms with Crippen LogP contribution in [-0.4, -0.2) is 133 Å². The number of aliphatic hydroxyl groups is 7. The van der Waals surface area contributed by atoms with Crippen LogP contribution in [0.2, 0.25) is 0 Å². The molecule has 2 fully saturated rings. The van der Waals surface area contributed by atoms with Crippen molar-refractivity contribution >= 4 is 17.6 Å². The molecule has 2 aliphatic rings. The molecule has 8 N–H and O–H groups in total. The number of hydrogen-bond acceptors (Lipinski definition) is 16. The lowest BCUT2D eigenvalue weighted by molar-refractivity contribution is -0.404. The molecule has 0 radical (unpaired) electrons. The lowest BCUT2D eigenvalue weighted by atomic mass is 9.88. The first-order valence-corrected chi connectivity index (χ1v) is 12.3. The van der Waals surface area contributed by atoms with Gasteiger partial charge >= 0.3 is 0 Å². The summed E-state index contributed by atoms with van der Waals surface area (Å²) in [4.78, 5) is 34.3. The van der Waals surface area contributed by atoms with E-state index in [1.54, 1.807) is 0 Å². The Balaban J connectivity index is 1.93. The van der Waals surface area contributed by atoms with Crippen molar-refractivity contribution < 1.29 is 74.3 Å². The summed E-state index contributed by atoms with van der Waals surface area (Å²) in [6.45, 7) is -0.866. The van der Waals surface area contributed by atoms with Crippen LogP contribution in [0.25, 0.3) is 0 Å². The molecule has 2 saturated heterocycles. The molecule has 1 amide bonds. The number of nitro benzene ring substituents is 1. The number of carboxylic acid groups (broad SMARTS) is 1. The van der Waals surface area contributed by atoms with Gasteiger partial charge in [-0.15, -0.1) is 0 Å². The predicted octanol–water partition coefficient (Wildman–Crippen LogP) is -5.39. The number of ether oxygens (including phenoxy) is 4. The van der Waals surface area contributed by atoms with Gasteiger partial charge in [-0.05, 0) is 12.1 Å². The number of nitro groups is 1. The minimum absolute atomic E-state index is 0.0650. The van der Waals surface area contributed by atoms with E-state index in [4.69, 9.17) is 18.9 Å². The monoisotopic (exact) mass is 591 g/mol. The van der Waals surface area contributed by atoms with Crippen molar-refractivity contribution in [3.63, 3.8) is 0 Å². The van der Waals surface area contributed by atoms with Crippen molar-refractivity contribution in [3.8, 4) is 5.75 Å². The SMILES string of the molecule is CC(=O)N[C@H]1C([C@H](O)[C@H](O)CO)O[C@@](OC2C(O)[C@H](Oc3ccc([N+](=O)[O-])cc3)OC(CO)[C@@H]2O)(C(=O)[O-])C[C@H]1O. The number of nitrogens with one attached hydrogen (secondary N) is 1. The Labute approximate surface area is 231 Å². The zero-order chi connectivity index (χ0) is 30.6. The Hall–Kier alpha value is -3.04. The molecule has 0 bridgehead atoms. The van der Waals surface area contributed by atoms with E-state index in [-0.39, 0.29) is 11.4 Å². The molecule has 1 aromatic rings. The number of carboxylic acids is 1. The van der Waals surface area contributed by atoms with Crippen LogP contribution in [0.1, 0.15) is 13.3 Å². The number of nitrogens with zero attached hydrogens (tertiary/aromatic N) is 1. The van der Waals surface area contributed by atoms with Crippen LogP contribution in [0.4, 0.5) is 5.69 Å². The second kappa shape index (κ2) is 13.3. The van der Waals surface area contributed by atoms with Crippen molar-refractivity contribution in [1.29, 1.82) is 0 Å². The molecule has 18 heteroatoms. The number of carbonyl (C=O) groups excluding carboxylic acids is 2. The molecule has 0 aromatic heterocycles. The van der Waals surface area contributed by atoms with Gasteiger partial charge in [0, 0.05) is 25.5 Å². The van der Waals surface area contributed by atoms with E-state index >= 15 is 0 Å². The van der Waals surface area contributed by atoms with Gasteiger partial charge in [0.1, 0.15) is 54.4 Å². The molecule has 18 nitrogen and oxygen atoms in total. The Morgan fingerprint density at radius 2 is 1.80 bits per heavy atom. The number of rotatable bonds is 11. The quantitative estimate of drug-likeness (QED) is 0.0880. The fourth-order valence-corrected chi connectivity index (χ4v) is 4.53. The maximum Gasteiger partial charge on any atom is 0.269 e. The number of aliphatic carboxylic acids is 1. The van der Waals surface area contributed by atoms with E-state index in [1.165, 1.54) is 0 Å². The van der Waals surface area contributed by atoms with Crippen LogP contribution in [0.5, 0.6) is 5.75 Å². The highest BCUT2D eigenvalue weighted by Gasteiger charge is 2.56. The van der Waals surface area contributed by atoms with E-state index in [9.17, 15) is 60.6 Å². The molecule has 0 saturated carbocycles. The van der Waals surface area contributed by atoms with Crippen LogP contribution >= 0.6 is 0 Å². The molecule has 0 spiro atoms. The summed E-state index contributed by atoms with van der Waals surface area (Å²) >= 11 is 0. The van der Waals surface area contributed by atoms with Crippen LogP contribution in [-0.2, 0) is 23.8 Å². The number of carbonyl (C=O) groups is 2. The van der Waals surface area contributed by atoms with Gasteiger partial charge in [0.15, 0.2) is 0 Å². The topological polar surface area (TPSA) is 291 Å². The minimum Gasteiger partial charge on any atom is -0.544 e. The van der Waals surface area contributed by atoms with Gasteiger partial charge in [-0.1, -0.05) is 0 Å². The van der Waals surface area contributed by atoms with Gasteiger partial charge in [-0.2, -0.15) is 0 Å². The number of hydrogen-bond donors (Lipinski definition) is 8. The van der Waals surface area contributed by atoms with Gasteiger partial charge < -0.3 is 69.9 Å². The molecule has 11 atom stereocenters. The van der Waals surface area contributed by atoms with Crippen LogP contribution in [0.15, 0.2) is 24.3 Å². The lowest BCUT2D eigenvalue weighted by Crippen LogP contribution is -2.72. The van der Waals surface area contributed by atoms with Crippen LogP contribution in [0.3, 0.4) is 0 Å². The maximum atomic E-state index is 12.4. The third-order valence-corrected chi connectivity index (χ3v) is 6.62.